The predicted octanol–water partition coefficient (Wildman–Crippen LogP) is 9.23. The van der Waals surface area contributed by atoms with E-state index in [-0.39, 0.29) is 31.2 Å². The van der Waals surface area contributed by atoms with Crippen LogP contribution in [0.25, 0.3) is 28.3 Å². The number of hydrogen-bond acceptors (Lipinski definition) is 2. The molecule has 0 unspecified atom stereocenters. The van der Waals surface area contributed by atoms with E-state index < -0.39 is 31.3 Å². The van der Waals surface area contributed by atoms with Gasteiger partial charge in [-0.3, -0.25) is 22.5 Å². The van der Waals surface area contributed by atoms with Gasteiger partial charge in [0.15, 0.2) is 0 Å². The molecule has 5 aromatic rings. The largest absolute Gasteiger partial charge is 0.339 e. The first-order valence-corrected chi connectivity index (χ1v) is 17.6. The van der Waals surface area contributed by atoms with Gasteiger partial charge in [0.05, 0.1) is 13.9 Å². The van der Waals surface area contributed by atoms with Gasteiger partial charge in [-0.05, 0) is 33.8 Å². The first-order chi connectivity index (χ1) is 20.3. The minimum atomic E-state index is -1.41. The van der Waals surface area contributed by atoms with Crippen LogP contribution >= 0.6 is 0 Å². The zero-order valence-corrected chi connectivity index (χ0v) is 29.2. The van der Waals surface area contributed by atoms with Gasteiger partial charge in [-0.15, -0.1) is 24.3 Å². The predicted molar refractivity (Wildman–Crippen MR) is 167 cm³/mol. The second-order valence-corrected chi connectivity index (χ2v) is 17.1. The molecule has 0 fully saturated rings. The summed E-state index contributed by atoms with van der Waals surface area (Å²) >= 11 is 0. The second-order valence-electron chi connectivity index (χ2n) is 12.0. The van der Waals surface area contributed by atoms with Gasteiger partial charge in [-0.1, -0.05) is 101 Å². The van der Waals surface area contributed by atoms with Crippen LogP contribution in [0.15, 0.2) is 73.2 Å². The summed E-state index contributed by atoms with van der Waals surface area (Å²) in [6.45, 7) is 15.2. The molecule has 0 aliphatic carbocycles. The van der Waals surface area contributed by atoms with E-state index in [4.69, 9.17) is 0 Å². The fourth-order valence-electron chi connectivity index (χ4n) is 4.70. The SMILES string of the molecule is CC(C)c1cccc(C(C)C)c1-n1ccnc1-c1[c-]cc(F)cc1F.C[Si](C)(C)c1ccc(-c2[c-]cc(F)cc2F)nc1.[Ir]. The van der Waals surface area contributed by atoms with E-state index in [0.29, 0.717) is 23.4 Å². The summed E-state index contributed by atoms with van der Waals surface area (Å²) in [6.07, 6.45) is 5.23. The van der Waals surface area contributed by atoms with Crippen LogP contribution in [0.4, 0.5) is 17.6 Å². The number of benzene rings is 3. The normalized spacial score (nSPS) is 11.3. The molecule has 0 saturated carbocycles. The molecule has 0 saturated heterocycles. The van der Waals surface area contributed by atoms with E-state index in [0.717, 1.165) is 41.1 Å². The average Bonchev–Trinajstić information content (AvgIpc) is 3.42. The number of pyridine rings is 1. The summed E-state index contributed by atoms with van der Waals surface area (Å²) in [5, 5.41) is 1.20. The van der Waals surface area contributed by atoms with Crippen molar-refractivity contribution >= 4 is 13.3 Å². The Morgan fingerprint density at radius 3 is 1.75 bits per heavy atom. The molecule has 233 valence electrons. The van der Waals surface area contributed by atoms with Gasteiger partial charge in [-0.2, -0.15) is 0 Å². The third-order valence-electron chi connectivity index (χ3n) is 7.05. The van der Waals surface area contributed by atoms with Crippen molar-refractivity contribution in [3.05, 3.63) is 120 Å². The molecule has 5 rings (SSSR count). The summed E-state index contributed by atoms with van der Waals surface area (Å²) in [4.78, 5) is 8.57. The summed E-state index contributed by atoms with van der Waals surface area (Å²) in [7, 11) is -1.41. The van der Waals surface area contributed by atoms with Crippen LogP contribution < -0.4 is 5.19 Å². The first-order valence-electron chi connectivity index (χ1n) is 14.1. The zero-order chi connectivity index (χ0) is 31.5. The Bertz CT molecular complexity index is 1680. The number of aromatic nitrogens is 3. The fourth-order valence-corrected chi connectivity index (χ4v) is 5.74. The topological polar surface area (TPSA) is 30.7 Å². The minimum absolute atomic E-state index is 0. The van der Waals surface area contributed by atoms with Crippen LogP contribution in [0, 0.1) is 35.4 Å². The van der Waals surface area contributed by atoms with E-state index in [1.807, 2.05) is 16.8 Å². The molecule has 9 heteroatoms. The second kappa shape index (κ2) is 14.6. The van der Waals surface area contributed by atoms with Gasteiger partial charge in [-0.25, -0.2) is 0 Å². The standard InChI is InChI=1S/C21H21F2N2.C14H14F2NSi.Ir/c1-13(2)16-6-5-7-17(14(3)4)20(16)25-11-10-24-21(25)18-9-8-15(22)12-19(18)23;1-18(2,3)11-5-7-14(17-9-11)12-6-4-10(15)8-13(12)16;/h5-8,10-14H,1-4H3;4-5,7-9H,1-3H3;/q2*-1;. The van der Waals surface area contributed by atoms with Gasteiger partial charge in [0.25, 0.3) is 0 Å². The number of imidazole rings is 1. The van der Waals surface area contributed by atoms with Crippen molar-refractivity contribution in [2.24, 2.45) is 0 Å². The van der Waals surface area contributed by atoms with Crippen molar-refractivity contribution in [3.63, 3.8) is 0 Å². The van der Waals surface area contributed by atoms with Crippen LogP contribution in [-0.2, 0) is 20.1 Å². The molecule has 3 nitrogen and oxygen atoms in total. The van der Waals surface area contributed by atoms with Gasteiger partial charge in [0.1, 0.15) is 0 Å². The van der Waals surface area contributed by atoms with Crippen molar-refractivity contribution in [2.75, 3.05) is 0 Å². The molecular weight excluding hydrogens is 759 g/mol. The third kappa shape index (κ3) is 8.00. The monoisotopic (exact) mass is 794 g/mol. The van der Waals surface area contributed by atoms with Gasteiger partial charge >= 0.3 is 0 Å². The van der Waals surface area contributed by atoms with Crippen molar-refractivity contribution in [2.45, 2.75) is 59.2 Å². The molecule has 44 heavy (non-hydrogen) atoms. The summed E-state index contributed by atoms with van der Waals surface area (Å²) in [5.74, 6) is -1.56. The molecule has 0 aliphatic heterocycles. The molecule has 0 N–H and O–H groups in total. The number of rotatable bonds is 6. The van der Waals surface area contributed by atoms with Crippen LogP contribution in [-0.4, -0.2) is 22.6 Å². The zero-order valence-electron chi connectivity index (χ0n) is 25.8. The van der Waals surface area contributed by atoms with Gasteiger partial charge in [0, 0.05) is 67.7 Å². The maximum absolute atomic E-state index is 14.3. The van der Waals surface area contributed by atoms with E-state index in [1.165, 1.54) is 5.19 Å². The molecule has 2 heterocycles. The van der Waals surface area contributed by atoms with Crippen LogP contribution in [0.5, 0.6) is 0 Å². The Kier molecular flexibility index (Phi) is 11.6. The molecule has 3 aromatic carbocycles. The summed E-state index contributed by atoms with van der Waals surface area (Å²) < 4.78 is 55.8. The van der Waals surface area contributed by atoms with E-state index in [9.17, 15) is 17.6 Å². The van der Waals surface area contributed by atoms with Crippen molar-refractivity contribution in [1.82, 2.24) is 14.5 Å². The number of para-hydroxylation sites is 1. The van der Waals surface area contributed by atoms with Gasteiger partial charge in [0.2, 0.25) is 0 Å². The molecule has 0 atom stereocenters. The van der Waals surface area contributed by atoms with E-state index in [2.05, 4.69) is 87.6 Å². The smallest absolute Gasteiger partial charge is 0.0795 e. The average molecular weight is 794 g/mol. The number of nitrogens with zero attached hydrogens (tertiary/aromatic N) is 3. The number of hydrogen-bond donors (Lipinski definition) is 0. The molecule has 2 aromatic heterocycles. The minimum Gasteiger partial charge on any atom is -0.339 e. The van der Waals surface area contributed by atoms with Crippen LogP contribution in [0.2, 0.25) is 19.6 Å². The molecule has 1 radical (unpaired) electrons. The molecule has 0 amide bonds. The first kappa shape index (κ1) is 35.1. The quantitative estimate of drug-likeness (QED) is 0.0976. The van der Waals surface area contributed by atoms with Crippen LogP contribution in [0.1, 0.15) is 50.7 Å². The van der Waals surface area contributed by atoms with Crippen molar-refractivity contribution in [3.8, 4) is 28.3 Å². The maximum Gasteiger partial charge on any atom is 0.0795 e. The van der Waals surface area contributed by atoms with Crippen molar-refractivity contribution < 1.29 is 37.7 Å². The maximum atomic E-state index is 14.3. The molecule has 0 spiro atoms. The Morgan fingerprint density at radius 2 is 1.30 bits per heavy atom. The molecule has 0 aliphatic rings. The van der Waals surface area contributed by atoms with E-state index in [1.54, 1.807) is 18.5 Å². The number of halogens is 4. The molecular formula is C35H35F4IrN3Si-2. The van der Waals surface area contributed by atoms with E-state index >= 15 is 0 Å². The Labute approximate surface area is 271 Å². The summed E-state index contributed by atoms with van der Waals surface area (Å²) in [5.41, 5.74) is 4.19. The third-order valence-corrected chi connectivity index (χ3v) is 9.08. The van der Waals surface area contributed by atoms with Crippen LogP contribution in [0.3, 0.4) is 0 Å². The van der Waals surface area contributed by atoms with Crippen molar-refractivity contribution in [1.29, 1.82) is 0 Å². The Morgan fingerprint density at radius 1 is 0.750 bits per heavy atom. The Balaban J connectivity index is 0.000000247. The Hall–Kier alpha value is -3.39. The van der Waals surface area contributed by atoms with Gasteiger partial charge < -0.3 is 9.55 Å². The summed E-state index contributed by atoms with van der Waals surface area (Å²) in [6, 6.07) is 19.2. The fraction of sp³-hybridized carbons (Fsp3) is 0.257. The molecule has 0 bridgehead atoms.